The Morgan fingerprint density at radius 2 is 1.88 bits per heavy atom. The van der Waals surface area contributed by atoms with Crippen LogP contribution >= 0.6 is 0 Å². The molecule has 0 amide bonds. The molecule has 0 heterocycles. The maximum atomic E-state index is 9.04. The van der Waals surface area contributed by atoms with Crippen LogP contribution in [0.2, 0.25) is 0 Å². The number of allylic oxidation sites excluding steroid dienone is 1. The highest BCUT2D eigenvalue weighted by Gasteiger charge is 2.01. The van der Waals surface area contributed by atoms with Crippen LogP contribution in [0.15, 0.2) is 12.2 Å². The number of aliphatic hydroxyl groups is 1. The highest BCUT2D eigenvalue weighted by molar-refractivity contribution is 4.86. The molecular weight excluding hydrogens is 100 g/mol. The monoisotopic (exact) mass is 114 g/mol. The Morgan fingerprint density at radius 1 is 1.38 bits per heavy atom. The van der Waals surface area contributed by atoms with Crippen LogP contribution in [-0.4, -0.2) is 11.2 Å². The van der Waals surface area contributed by atoms with Gasteiger partial charge >= 0.3 is 0 Å². The molecule has 1 atom stereocenters. The smallest absolute Gasteiger partial charge is 0.0743 e. The van der Waals surface area contributed by atoms with Crippen molar-refractivity contribution < 1.29 is 5.11 Å². The van der Waals surface area contributed by atoms with E-state index < -0.39 is 0 Å². The van der Waals surface area contributed by atoms with E-state index in [0.717, 1.165) is 0 Å². The molecule has 0 bridgehead atoms. The predicted molar refractivity (Wildman–Crippen MR) is 35.7 cm³/mol. The van der Waals surface area contributed by atoms with Crippen molar-refractivity contribution in [3.8, 4) is 0 Å². The van der Waals surface area contributed by atoms with Gasteiger partial charge in [-0.1, -0.05) is 26.0 Å². The molecule has 1 N–H and O–H groups in total. The van der Waals surface area contributed by atoms with Gasteiger partial charge in [-0.15, -0.1) is 0 Å². The molecule has 0 radical (unpaired) electrons. The summed E-state index contributed by atoms with van der Waals surface area (Å²) in [4.78, 5) is 0. The largest absolute Gasteiger partial charge is 0.389 e. The van der Waals surface area contributed by atoms with Crippen molar-refractivity contribution in [2.24, 2.45) is 5.92 Å². The van der Waals surface area contributed by atoms with Gasteiger partial charge in [-0.2, -0.15) is 0 Å². The standard InChI is InChI=1S/C7H14O/c1-4-5-7(8)6(2)3/h4-8H,1-3H3/b5-4-. The lowest BCUT2D eigenvalue weighted by atomic mass is 10.1. The first-order valence-electron chi connectivity index (χ1n) is 2.99. The molecule has 0 rings (SSSR count). The Balaban J connectivity index is 3.47. The third-order valence-corrected chi connectivity index (χ3v) is 1.07. The van der Waals surface area contributed by atoms with E-state index >= 15 is 0 Å². The van der Waals surface area contributed by atoms with Crippen molar-refractivity contribution in [3.63, 3.8) is 0 Å². The Kier molecular flexibility index (Phi) is 3.53. The van der Waals surface area contributed by atoms with Gasteiger partial charge in [0.05, 0.1) is 6.10 Å². The molecule has 0 aliphatic heterocycles. The molecule has 0 aliphatic rings. The highest BCUT2D eigenvalue weighted by Crippen LogP contribution is 2.00. The first-order chi connectivity index (χ1) is 3.68. The molecule has 0 aromatic carbocycles. The second-order valence-electron chi connectivity index (χ2n) is 2.26. The first-order valence-corrected chi connectivity index (χ1v) is 2.99. The summed E-state index contributed by atoms with van der Waals surface area (Å²) in [5.74, 6) is 0.339. The topological polar surface area (TPSA) is 20.2 Å². The van der Waals surface area contributed by atoms with Crippen LogP contribution in [0.3, 0.4) is 0 Å². The summed E-state index contributed by atoms with van der Waals surface area (Å²) in [6.45, 7) is 5.89. The molecule has 0 saturated carbocycles. The van der Waals surface area contributed by atoms with Gasteiger partial charge in [-0.3, -0.25) is 0 Å². The quantitative estimate of drug-likeness (QED) is 0.540. The van der Waals surface area contributed by atoms with E-state index in [2.05, 4.69) is 0 Å². The maximum Gasteiger partial charge on any atom is 0.0743 e. The average Bonchev–Trinajstić information content (AvgIpc) is 1.67. The Bertz CT molecular complexity index is 74.5. The van der Waals surface area contributed by atoms with Gasteiger partial charge in [-0.25, -0.2) is 0 Å². The molecule has 0 fully saturated rings. The molecule has 0 aliphatic carbocycles. The van der Waals surface area contributed by atoms with E-state index in [1.807, 2.05) is 26.8 Å². The second-order valence-corrected chi connectivity index (χ2v) is 2.26. The van der Waals surface area contributed by atoms with Crippen LogP contribution in [0, 0.1) is 5.92 Å². The summed E-state index contributed by atoms with van der Waals surface area (Å²) in [7, 11) is 0. The van der Waals surface area contributed by atoms with Gasteiger partial charge < -0.3 is 5.11 Å². The van der Waals surface area contributed by atoms with E-state index in [1.54, 1.807) is 6.08 Å². The zero-order chi connectivity index (χ0) is 6.57. The van der Waals surface area contributed by atoms with Crippen LogP contribution in [-0.2, 0) is 0 Å². The van der Waals surface area contributed by atoms with E-state index in [1.165, 1.54) is 0 Å². The van der Waals surface area contributed by atoms with Crippen molar-refractivity contribution in [2.75, 3.05) is 0 Å². The average molecular weight is 114 g/mol. The summed E-state index contributed by atoms with van der Waals surface area (Å²) in [6, 6.07) is 0. The lowest BCUT2D eigenvalue weighted by molar-refractivity contribution is 0.172. The van der Waals surface area contributed by atoms with Crippen molar-refractivity contribution in [3.05, 3.63) is 12.2 Å². The minimum Gasteiger partial charge on any atom is -0.389 e. The van der Waals surface area contributed by atoms with Crippen LogP contribution < -0.4 is 0 Å². The molecule has 8 heavy (non-hydrogen) atoms. The van der Waals surface area contributed by atoms with Crippen molar-refractivity contribution in [1.29, 1.82) is 0 Å². The highest BCUT2D eigenvalue weighted by atomic mass is 16.3. The summed E-state index contributed by atoms with van der Waals surface area (Å²) in [6.07, 6.45) is 3.40. The Hall–Kier alpha value is -0.300. The van der Waals surface area contributed by atoms with Gasteiger partial charge in [0.2, 0.25) is 0 Å². The summed E-state index contributed by atoms with van der Waals surface area (Å²) in [5, 5.41) is 9.04. The zero-order valence-corrected chi connectivity index (χ0v) is 5.76. The van der Waals surface area contributed by atoms with E-state index in [0.29, 0.717) is 5.92 Å². The lowest BCUT2D eigenvalue weighted by Crippen LogP contribution is -2.10. The van der Waals surface area contributed by atoms with Gasteiger partial charge in [0, 0.05) is 0 Å². The number of aliphatic hydroxyl groups excluding tert-OH is 1. The molecule has 48 valence electrons. The molecule has 0 spiro atoms. The molecule has 1 heteroatoms. The SMILES string of the molecule is C/C=C\C(O)C(C)C. The van der Waals surface area contributed by atoms with Crippen LogP contribution in [0.1, 0.15) is 20.8 Å². The molecule has 0 saturated heterocycles. The van der Waals surface area contributed by atoms with Crippen LogP contribution in [0.4, 0.5) is 0 Å². The van der Waals surface area contributed by atoms with E-state index in [-0.39, 0.29) is 6.10 Å². The molecule has 0 aromatic rings. The summed E-state index contributed by atoms with van der Waals surface area (Å²) >= 11 is 0. The summed E-state index contributed by atoms with van der Waals surface area (Å²) in [5.41, 5.74) is 0. The number of hydrogen-bond donors (Lipinski definition) is 1. The number of hydrogen-bond acceptors (Lipinski definition) is 1. The normalized spacial score (nSPS) is 15.6. The third kappa shape index (κ3) is 2.80. The van der Waals surface area contributed by atoms with Gasteiger partial charge in [0.1, 0.15) is 0 Å². The van der Waals surface area contributed by atoms with E-state index in [9.17, 15) is 0 Å². The lowest BCUT2D eigenvalue weighted by Gasteiger charge is -2.07. The van der Waals surface area contributed by atoms with Crippen molar-refractivity contribution in [2.45, 2.75) is 26.9 Å². The Labute approximate surface area is 51.0 Å². The van der Waals surface area contributed by atoms with Crippen molar-refractivity contribution in [1.82, 2.24) is 0 Å². The molecule has 1 unspecified atom stereocenters. The van der Waals surface area contributed by atoms with Gasteiger partial charge in [-0.05, 0) is 12.8 Å². The molecular formula is C7H14O. The fourth-order valence-corrected chi connectivity index (χ4v) is 0.419. The maximum absolute atomic E-state index is 9.04. The second kappa shape index (κ2) is 3.67. The fraction of sp³-hybridized carbons (Fsp3) is 0.714. The van der Waals surface area contributed by atoms with Crippen LogP contribution in [0.25, 0.3) is 0 Å². The van der Waals surface area contributed by atoms with Crippen molar-refractivity contribution >= 4 is 0 Å². The zero-order valence-electron chi connectivity index (χ0n) is 5.76. The summed E-state index contributed by atoms with van der Waals surface area (Å²) < 4.78 is 0. The van der Waals surface area contributed by atoms with Gasteiger partial charge in [0.15, 0.2) is 0 Å². The van der Waals surface area contributed by atoms with Crippen LogP contribution in [0.5, 0.6) is 0 Å². The minimum absolute atomic E-state index is 0.264. The number of rotatable bonds is 2. The van der Waals surface area contributed by atoms with E-state index in [4.69, 9.17) is 5.11 Å². The predicted octanol–water partition coefficient (Wildman–Crippen LogP) is 1.58. The minimum atomic E-state index is -0.264. The van der Waals surface area contributed by atoms with Gasteiger partial charge in [0.25, 0.3) is 0 Å². The first kappa shape index (κ1) is 7.70. The molecule has 0 aromatic heterocycles. The Morgan fingerprint density at radius 3 is 2.00 bits per heavy atom. The third-order valence-electron chi connectivity index (χ3n) is 1.07. The fourth-order valence-electron chi connectivity index (χ4n) is 0.419. The molecule has 1 nitrogen and oxygen atoms in total.